The van der Waals surface area contributed by atoms with E-state index in [1.807, 2.05) is 0 Å². The summed E-state index contributed by atoms with van der Waals surface area (Å²) in [5, 5.41) is 12.1. The molecule has 1 aliphatic heterocycles. The molecule has 0 aliphatic carbocycles. The van der Waals surface area contributed by atoms with Gasteiger partial charge in [0.25, 0.3) is 0 Å². The second-order valence-corrected chi connectivity index (χ2v) is 5.20. The molecule has 0 aromatic carbocycles. The number of nitrogens with one attached hydrogen (secondary N) is 1. The van der Waals surface area contributed by atoms with E-state index >= 15 is 0 Å². The molecule has 0 saturated carbocycles. The Hall–Kier alpha value is -1.89. The summed E-state index contributed by atoms with van der Waals surface area (Å²) in [7, 11) is 0. The highest BCUT2D eigenvalue weighted by molar-refractivity contribution is 5.91. The second-order valence-electron chi connectivity index (χ2n) is 5.20. The third-order valence-electron chi connectivity index (χ3n) is 3.20. The first kappa shape index (κ1) is 16.2. The highest BCUT2D eigenvalue weighted by Crippen LogP contribution is 2.18. The average Bonchev–Trinajstić information content (AvgIpc) is 2.69. The molecule has 112 valence electrons. The fourth-order valence-electron chi connectivity index (χ4n) is 2.25. The number of likely N-dealkylation sites (tertiary alicyclic amines) is 1. The molecule has 1 aliphatic rings. The number of carbonyl (C=O) groups excluding carboxylic acids is 3. The number of rotatable bonds is 5. The van der Waals surface area contributed by atoms with E-state index in [2.05, 4.69) is 11.9 Å². The molecule has 0 radical (unpaired) electrons. The minimum absolute atomic E-state index is 0.120. The van der Waals surface area contributed by atoms with E-state index in [1.54, 1.807) is 6.92 Å². The Labute approximate surface area is 117 Å². The summed E-state index contributed by atoms with van der Waals surface area (Å²) in [5.41, 5.74) is 5.94. The predicted octanol–water partition coefficient (Wildman–Crippen LogP) is -1.10. The molecular weight excluding hydrogens is 262 g/mol. The lowest BCUT2D eigenvalue weighted by Crippen LogP contribution is -2.52. The molecule has 0 aromatic heterocycles. The largest absolute Gasteiger partial charge is 0.391 e. The van der Waals surface area contributed by atoms with Crippen molar-refractivity contribution in [1.82, 2.24) is 10.2 Å². The van der Waals surface area contributed by atoms with Crippen LogP contribution in [0.15, 0.2) is 12.2 Å². The van der Waals surface area contributed by atoms with Gasteiger partial charge in [-0.1, -0.05) is 5.57 Å². The van der Waals surface area contributed by atoms with Gasteiger partial charge in [0.05, 0.1) is 6.10 Å². The molecule has 3 atom stereocenters. The number of primary amides is 1. The van der Waals surface area contributed by atoms with Gasteiger partial charge in [-0.15, -0.1) is 6.58 Å². The molecule has 0 bridgehead atoms. The number of carbonyl (C=O) groups is 3. The van der Waals surface area contributed by atoms with E-state index < -0.39 is 30.0 Å². The minimum Gasteiger partial charge on any atom is -0.391 e. The van der Waals surface area contributed by atoms with Gasteiger partial charge < -0.3 is 21.1 Å². The number of hydrogen-bond donors (Lipinski definition) is 3. The number of aliphatic hydroxyl groups excluding tert-OH is 1. The van der Waals surface area contributed by atoms with Crippen LogP contribution in [0.2, 0.25) is 0 Å². The fourth-order valence-corrected chi connectivity index (χ4v) is 2.25. The number of β-amino-alcohol motifs (C(OH)–C–C–N with tert-alkyl or cyclic N) is 1. The topological polar surface area (TPSA) is 113 Å². The lowest BCUT2D eigenvalue weighted by atomic mass is 10.1. The summed E-state index contributed by atoms with van der Waals surface area (Å²) < 4.78 is 0. The highest BCUT2D eigenvalue weighted by Gasteiger charge is 2.38. The summed E-state index contributed by atoms with van der Waals surface area (Å²) in [4.78, 5) is 36.2. The SMILES string of the molecule is C=C(C)C[C@@H](NC(=O)[C@@H]1C[C@@H](O)CN1C(C)=O)C(N)=O. The van der Waals surface area contributed by atoms with E-state index in [9.17, 15) is 19.5 Å². The Morgan fingerprint density at radius 2 is 2.05 bits per heavy atom. The number of hydrogen-bond acceptors (Lipinski definition) is 4. The van der Waals surface area contributed by atoms with Crippen LogP contribution < -0.4 is 11.1 Å². The number of amides is 3. The maximum atomic E-state index is 12.1. The Kier molecular flexibility index (Phi) is 5.26. The summed E-state index contributed by atoms with van der Waals surface area (Å²) >= 11 is 0. The molecule has 3 amide bonds. The van der Waals surface area contributed by atoms with E-state index in [4.69, 9.17) is 5.73 Å². The van der Waals surface area contributed by atoms with E-state index in [1.165, 1.54) is 11.8 Å². The Morgan fingerprint density at radius 1 is 1.45 bits per heavy atom. The molecule has 4 N–H and O–H groups in total. The van der Waals surface area contributed by atoms with Crippen molar-refractivity contribution in [2.24, 2.45) is 5.73 Å². The zero-order chi connectivity index (χ0) is 15.4. The maximum Gasteiger partial charge on any atom is 0.243 e. The molecule has 1 heterocycles. The maximum absolute atomic E-state index is 12.1. The Bertz CT molecular complexity index is 435. The van der Waals surface area contributed by atoms with E-state index in [-0.39, 0.29) is 25.3 Å². The summed E-state index contributed by atoms with van der Waals surface area (Å²) in [5.74, 6) is -1.44. The van der Waals surface area contributed by atoms with Crippen molar-refractivity contribution in [3.8, 4) is 0 Å². The van der Waals surface area contributed by atoms with Crippen LogP contribution in [0.5, 0.6) is 0 Å². The van der Waals surface area contributed by atoms with Crippen LogP contribution in [0.1, 0.15) is 26.7 Å². The first-order valence-corrected chi connectivity index (χ1v) is 6.41. The third kappa shape index (κ3) is 4.06. The number of nitrogens with zero attached hydrogens (tertiary/aromatic N) is 1. The first-order valence-electron chi connectivity index (χ1n) is 6.41. The minimum atomic E-state index is -0.855. The van der Waals surface area contributed by atoms with Crippen LogP contribution in [-0.4, -0.2) is 52.5 Å². The summed E-state index contributed by atoms with van der Waals surface area (Å²) in [6.45, 7) is 6.85. The van der Waals surface area contributed by atoms with Gasteiger partial charge in [0.1, 0.15) is 12.1 Å². The van der Waals surface area contributed by atoms with Gasteiger partial charge in [-0.25, -0.2) is 0 Å². The molecule has 1 rings (SSSR count). The first-order chi connectivity index (χ1) is 9.22. The lowest BCUT2D eigenvalue weighted by Gasteiger charge is -2.24. The Morgan fingerprint density at radius 3 is 2.50 bits per heavy atom. The van der Waals surface area contributed by atoms with Crippen LogP contribution in [0.4, 0.5) is 0 Å². The number of nitrogens with two attached hydrogens (primary N) is 1. The highest BCUT2D eigenvalue weighted by atomic mass is 16.3. The van der Waals surface area contributed by atoms with Crippen molar-refractivity contribution in [2.45, 2.75) is 44.9 Å². The standard InChI is InChI=1S/C13H21N3O4/c1-7(2)4-10(12(14)19)15-13(20)11-5-9(18)6-16(11)8(3)17/h9-11,18H,1,4-6H2,2-3H3,(H2,14,19)(H,15,20)/t9-,10-,11+/m1/s1. The molecule has 7 nitrogen and oxygen atoms in total. The molecular formula is C13H21N3O4. The molecule has 1 fully saturated rings. The predicted molar refractivity (Wildman–Crippen MR) is 72.4 cm³/mol. The quantitative estimate of drug-likeness (QED) is 0.556. The van der Waals surface area contributed by atoms with Crippen molar-refractivity contribution in [1.29, 1.82) is 0 Å². The summed E-state index contributed by atoms with van der Waals surface area (Å²) in [6, 6.07) is -1.62. The molecule has 20 heavy (non-hydrogen) atoms. The van der Waals surface area contributed by atoms with Crippen molar-refractivity contribution in [3.63, 3.8) is 0 Å². The second kappa shape index (κ2) is 6.51. The van der Waals surface area contributed by atoms with Crippen LogP contribution in [0.3, 0.4) is 0 Å². The fraction of sp³-hybridized carbons (Fsp3) is 0.615. The molecule has 0 unspecified atom stereocenters. The monoisotopic (exact) mass is 283 g/mol. The molecule has 7 heteroatoms. The Balaban J connectivity index is 2.75. The van der Waals surface area contributed by atoms with Gasteiger partial charge in [0.15, 0.2) is 0 Å². The van der Waals surface area contributed by atoms with Gasteiger partial charge in [0, 0.05) is 19.9 Å². The van der Waals surface area contributed by atoms with Gasteiger partial charge >= 0.3 is 0 Å². The molecule has 0 spiro atoms. The van der Waals surface area contributed by atoms with Gasteiger partial charge in [-0.2, -0.15) is 0 Å². The van der Waals surface area contributed by atoms with Gasteiger partial charge in [0.2, 0.25) is 17.7 Å². The van der Waals surface area contributed by atoms with Crippen LogP contribution in [0.25, 0.3) is 0 Å². The molecule has 1 saturated heterocycles. The van der Waals surface area contributed by atoms with Crippen LogP contribution >= 0.6 is 0 Å². The van der Waals surface area contributed by atoms with E-state index in [0.29, 0.717) is 5.57 Å². The summed E-state index contributed by atoms with van der Waals surface area (Å²) in [6.07, 6.45) is -0.330. The van der Waals surface area contributed by atoms with Crippen molar-refractivity contribution >= 4 is 17.7 Å². The third-order valence-corrected chi connectivity index (χ3v) is 3.20. The van der Waals surface area contributed by atoms with Crippen molar-refractivity contribution in [3.05, 3.63) is 12.2 Å². The normalized spacial score (nSPS) is 23.2. The van der Waals surface area contributed by atoms with Crippen molar-refractivity contribution in [2.75, 3.05) is 6.54 Å². The van der Waals surface area contributed by atoms with Crippen molar-refractivity contribution < 1.29 is 19.5 Å². The smallest absolute Gasteiger partial charge is 0.243 e. The molecule has 0 aromatic rings. The zero-order valence-electron chi connectivity index (χ0n) is 11.8. The van der Waals surface area contributed by atoms with E-state index in [0.717, 1.165) is 0 Å². The van der Waals surface area contributed by atoms with Gasteiger partial charge in [-0.3, -0.25) is 14.4 Å². The number of aliphatic hydroxyl groups is 1. The lowest BCUT2D eigenvalue weighted by molar-refractivity contribution is -0.138. The zero-order valence-corrected chi connectivity index (χ0v) is 11.8. The van der Waals surface area contributed by atoms with Crippen LogP contribution in [0, 0.1) is 0 Å². The average molecular weight is 283 g/mol. The van der Waals surface area contributed by atoms with Crippen LogP contribution in [-0.2, 0) is 14.4 Å². The van der Waals surface area contributed by atoms with Gasteiger partial charge in [-0.05, 0) is 13.3 Å².